The number of anilines is 2. The fraction of sp³-hybridized carbons (Fsp3) is 0.333. The predicted octanol–water partition coefficient (Wildman–Crippen LogP) is 0.996. The molecule has 0 bridgehead atoms. The minimum absolute atomic E-state index is 0.00351. The van der Waals surface area contributed by atoms with E-state index in [-0.39, 0.29) is 28.3 Å². The van der Waals surface area contributed by atoms with E-state index in [2.05, 4.69) is 15.3 Å². The molecule has 1 aliphatic heterocycles. The van der Waals surface area contributed by atoms with Crippen LogP contribution in [0.5, 0.6) is 0 Å². The van der Waals surface area contributed by atoms with E-state index in [0.717, 1.165) is 23.1 Å². The summed E-state index contributed by atoms with van der Waals surface area (Å²) in [7, 11) is 3.07. The van der Waals surface area contributed by atoms with Crippen molar-refractivity contribution in [2.75, 3.05) is 23.3 Å². The maximum absolute atomic E-state index is 13.4. The zero-order valence-electron chi connectivity index (χ0n) is 15.3. The molecule has 2 aromatic heterocycles. The first-order chi connectivity index (χ1) is 13.3. The summed E-state index contributed by atoms with van der Waals surface area (Å²) < 4.78 is 29.2. The lowest BCUT2D eigenvalue weighted by Crippen LogP contribution is -2.40. The van der Waals surface area contributed by atoms with Crippen molar-refractivity contribution in [1.82, 2.24) is 19.1 Å². The summed E-state index contributed by atoms with van der Waals surface area (Å²) in [6.07, 6.45) is 2.22. The molecule has 3 aromatic rings. The van der Waals surface area contributed by atoms with Crippen molar-refractivity contribution in [3.63, 3.8) is 0 Å². The highest BCUT2D eigenvalue weighted by Crippen LogP contribution is 2.21. The van der Waals surface area contributed by atoms with Crippen molar-refractivity contribution in [1.29, 1.82) is 0 Å². The second-order valence-corrected chi connectivity index (χ2v) is 6.83. The third-order valence-electron chi connectivity index (χ3n) is 4.95. The normalized spacial score (nSPS) is 16.7. The molecule has 1 fully saturated rings. The number of rotatable bonds is 3. The maximum atomic E-state index is 13.4. The number of fused-ring (bicyclic) bond motifs is 1. The van der Waals surface area contributed by atoms with Crippen molar-refractivity contribution in [3.05, 3.63) is 56.9 Å². The zero-order chi connectivity index (χ0) is 20.0. The quantitative estimate of drug-likeness (QED) is 0.721. The fourth-order valence-corrected chi connectivity index (χ4v) is 3.40. The van der Waals surface area contributed by atoms with Gasteiger partial charge >= 0.3 is 5.69 Å². The van der Waals surface area contributed by atoms with E-state index in [4.69, 9.17) is 0 Å². The van der Waals surface area contributed by atoms with Gasteiger partial charge in [-0.05, 0) is 6.42 Å². The molecule has 0 unspecified atom stereocenters. The van der Waals surface area contributed by atoms with Gasteiger partial charge in [-0.1, -0.05) is 0 Å². The second-order valence-electron chi connectivity index (χ2n) is 6.83. The predicted molar refractivity (Wildman–Crippen MR) is 101 cm³/mol. The number of aromatic nitrogens is 4. The van der Waals surface area contributed by atoms with E-state index in [0.29, 0.717) is 24.7 Å². The molecule has 10 heteroatoms. The van der Waals surface area contributed by atoms with Gasteiger partial charge in [0.15, 0.2) is 11.6 Å². The molecule has 0 amide bonds. The van der Waals surface area contributed by atoms with E-state index >= 15 is 0 Å². The molecule has 0 saturated carbocycles. The van der Waals surface area contributed by atoms with E-state index < -0.39 is 11.6 Å². The molecule has 0 aliphatic carbocycles. The lowest BCUT2D eigenvalue weighted by atomic mass is 10.2. The molecular formula is C18H18F2N6O2. The smallest absolute Gasteiger partial charge is 0.332 e. The van der Waals surface area contributed by atoms with Crippen LogP contribution in [0.4, 0.5) is 20.4 Å². The van der Waals surface area contributed by atoms with Gasteiger partial charge in [-0.15, -0.1) is 0 Å². The van der Waals surface area contributed by atoms with Crippen LogP contribution in [0, 0.1) is 11.6 Å². The summed E-state index contributed by atoms with van der Waals surface area (Å²) in [6, 6.07) is 3.46. The second kappa shape index (κ2) is 6.70. The Morgan fingerprint density at radius 2 is 1.79 bits per heavy atom. The monoisotopic (exact) mass is 388 g/mol. The maximum Gasteiger partial charge on any atom is 0.332 e. The fourth-order valence-electron chi connectivity index (χ4n) is 3.40. The summed E-state index contributed by atoms with van der Waals surface area (Å²) in [5.41, 5.74) is -0.210. The molecule has 1 atom stereocenters. The molecule has 1 saturated heterocycles. The molecule has 0 spiro atoms. The first kappa shape index (κ1) is 18.1. The number of halogens is 2. The summed E-state index contributed by atoms with van der Waals surface area (Å²) in [4.78, 5) is 34.4. The highest BCUT2D eigenvalue weighted by atomic mass is 19.2. The van der Waals surface area contributed by atoms with E-state index in [1.807, 2.05) is 4.90 Å². The minimum atomic E-state index is -0.974. The topological polar surface area (TPSA) is 85.1 Å². The third-order valence-corrected chi connectivity index (χ3v) is 4.95. The molecule has 4 rings (SSSR count). The first-order valence-corrected chi connectivity index (χ1v) is 8.74. The highest BCUT2D eigenvalue weighted by Gasteiger charge is 2.25. The van der Waals surface area contributed by atoms with Crippen molar-refractivity contribution >= 4 is 22.7 Å². The van der Waals surface area contributed by atoms with Crippen LogP contribution in [0.15, 0.2) is 34.0 Å². The Morgan fingerprint density at radius 3 is 2.54 bits per heavy atom. The molecular weight excluding hydrogens is 370 g/mol. The zero-order valence-corrected chi connectivity index (χ0v) is 15.3. The molecule has 1 aromatic carbocycles. The van der Waals surface area contributed by atoms with Gasteiger partial charge in [0.25, 0.3) is 5.56 Å². The van der Waals surface area contributed by atoms with Crippen LogP contribution in [0.2, 0.25) is 0 Å². The summed E-state index contributed by atoms with van der Waals surface area (Å²) in [5, 5.41) is 3.22. The summed E-state index contributed by atoms with van der Waals surface area (Å²) in [6.45, 7) is 1.21. The number of benzene rings is 1. The van der Waals surface area contributed by atoms with Crippen LogP contribution in [0.3, 0.4) is 0 Å². The van der Waals surface area contributed by atoms with Crippen LogP contribution < -0.4 is 21.5 Å². The lowest BCUT2D eigenvalue weighted by molar-refractivity contribution is 0.510. The molecule has 28 heavy (non-hydrogen) atoms. The van der Waals surface area contributed by atoms with Crippen molar-refractivity contribution in [3.8, 4) is 0 Å². The van der Waals surface area contributed by atoms with Gasteiger partial charge in [0.05, 0.1) is 17.2 Å². The van der Waals surface area contributed by atoms with E-state index in [1.54, 1.807) is 7.05 Å². The SMILES string of the molecule is Cn1c(N2CC[C@@H](Nc3cnc4cc(F)c(F)cc4n3)C2)cc(=O)n(C)c1=O. The van der Waals surface area contributed by atoms with E-state index in [9.17, 15) is 18.4 Å². The Kier molecular flexibility index (Phi) is 4.33. The largest absolute Gasteiger partial charge is 0.364 e. The van der Waals surface area contributed by atoms with Crippen LogP contribution in [0.25, 0.3) is 11.0 Å². The number of nitrogens with zero attached hydrogens (tertiary/aromatic N) is 5. The van der Waals surface area contributed by atoms with Crippen LogP contribution in [-0.4, -0.2) is 38.2 Å². The molecule has 1 aliphatic rings. The van der Waals surface area contributed by atoms with Crippen LogP contribution >= 0.6 is 0 Å². The van der Waals surface area contributed by atoms with Gasteiger partial charge in [0.2, 0.25) is 0 Å². The first-order valence-electron chi connectivity index (χ1n) is 8.74. The standard InChI is InChI=1S/C18H18F2N6O2/c1-24-16(7-17(27)25(2)18(24)28)26-4-3-10(9-26)22-15-8-21-13-5-11(19)12(20)6-14(13)23-15/h5-8,10H,3-4,9H2,1-2H3,(H,22,23)/t10-/m1/s1. The van der Waals surface area contributed by atoms with Crippen LogP contribution in [0.1, 0.15) is 6.42 Å². The van der Waals surface area contributed by atoms with Gasteiger partial charge < -0.3 is 10.2 Å². The Labute approximate surface area is 158 Å². The Bertz CT molecular complexity index is 1190. The summed E-state index contributed by atoms with van der Waals surface area (Å²) in [5.74, 6) is -0.936. The van der Waals surface area contributed by atoms with Gasteiger partial charge in [0.1, 0.15) is 11.6 Å². The average molecular weight is 388 g/mol. The molecule has 146 valence electrons. The average Bonchev–Trinajstić information content (AvgIpc) is 3.12. The Morgan fingerprint density at radius 1 is 1.07 bits per heavy atom. The third kappa shape index (κ3) is 3.10. The van der Waals surface area contributed by atoms with E-state index in [1.165, 1.54) is 23.9 Å². The number of hydrogen-bond acceptors (Lipinski definition) is 6. The number of hydrogen-bond donors (Lipinski definition) is 1. The Balaban J connectivity index is 1.54. The summed E-state index contributed by atoms with van der Waals surface area (Å²) >= 11 is 0. The highest BCUT2D eigenvalue weighted by molar-refractivity contribution is 5.75. The van der Waals surface area contributed by atoms with Gasteiger partial charge in [-0.25, -0.2) is 18.6 Å². The van der Waals surface area contributed by atoms with Crippen LogP contribution in [-0.2, 0) is 14.1 Å². The number of nitrogens with one attached hydrogen (secondary N) is 1. The van der Waals surface area contributed by atoms with Gasteiger partial charge in [0, 0.05) is 51.4 Å². The van der Waals surface area contributed by atoms with Crippen molar-refractivity contribution < 1.29 is 8.78 Å². The molecule has 3 heterocycles. The minimum Gasteiger partial charge on any atom is -0.364 e. The molecule has 8 nitrogen and oxygen atoms in total. The lowest BCUT2D eigenvalue weighted by Gasteiger charge is -2.21. The molecule has 1 N–H and O–H groups in total. The Hall–Kier alpha value is -3.30. The van der Waals surface area contributed by atoms with Crippen molar-refractivity contribution in [2.45, 2.75) is 12.5 Å². The molecule has 0 radical (unpaired) electrons. The van der Waals surface area contributed by atoms with Gasteiger partial charge in [-0.3, -0.25) is 18.9 Å². The van der Waals surface area contributed by atoms with Gasteiger partial charge in [-0.2, -0.15) is 0 Å². The van der Waals surface area contributed by atoms with Crippen molar-refractivity contribution in [2.24, 2.45) is 14.1 Å².